The molecule has 2 aliphatic heterocycles. The molecule has 1 fully saturated rings. The fraction of sp³-hybridized carbons (Fsp3) is 0.600. The molecule has 3 rings (SSSR count). The van der Waals surface area contributed by atoms with Gasteiger partial charge in [0.2, 0.25) is 5.60 Å². The zero-order valence-corrected chi connectivity index (χ0v) is 15.8. The van der Waals surface area contributed by atoms with Crippen LogP contribution in [0, 0.1) is 11.7 Å². The molecule has 2 heterocycles. The van der Waals surface area contributed by atoms with E-state index in [4.69, 9.17) is 4.84 Å². The van der Waals surface area contributed by atoms with Crippen molar-refractivity contribution in [1.29, 1.82) is 0 Å². The van der Waals surface area contributed by atoms with Gasteiger partial charge in [-0.2, -0.15) is 0 Å². The molecule has 1 unspecified atom stereocenters. The molecule has 1 aromatic carbocycles. The second-order valence-electron chi connectivity index (χ2n) is 7.80. The first kappa shape index (κ1) is 18.8. The van der Waals surface area contributed by atoms with Gasteiger partial charge < -0.3 is 15.1 Å². The van der Waals surface area contributed by atoms with E-state index >= 15 is 0 Å². The molecule has 1 saturated heterocycles. The van der Waals surface area contributed by atoms with Crippen molar-refractivity contribution in [3.63, 3.8) is 0 Å². The Labute approximate surface area is 154 Å². The van der Waals surface area contributed by atoms with Crippen LogP contribution in [0.2, 0.25) is 0 Å². The van der Waals surface area contributed by atoms with Gasteiger partial charge in [-0.25, -0.2) is 4.39 Å². The molecule has 1 amide bonds. The van der Waals surface area contributed by atoms with Crippen LogP contribution in [0.25, 0.3) is 0 Å². The summed E-state index contributed by atoms with van der Waals surface area (Å²) >= 11 is 0. The predicted molar refractivity (Wildman–Crippen MR) is 99.5 cm³/mol. The van der Waals surface area contributed by atoms with Crippen molar-refractivity contribution in [3.05, 3.63) is 35.6 Å². The van der Waals surface area contributed by atoms with Crippen LogP contribution in [0.5, 0.6) is 0 Å². The summed E-state index contributed by atoms with van der Waals surface area (Å²) in [4.78, 5) is 20.5. The Hall–Kier alpha value is -1.95. The Morgan fingerprint density at radius 1 is 1.38 bits per heavy atom. The van der Waals surface area contributed by atoms with Gasteiger partial charge >= 0.3 is 0 Å². The quantitative estimate of drug-likeness (QED) is 0.877. The monoisotopic (exact) mass is 361 g/mol. The van der Waals surface area contributed by atoms with Crippen molar-refractivity contribution >= 4 is 11.6 Å². The van der Waals surface area contributed by atoms with Gasteiger partial charge in [0.15, 0.2) is 0 Å². The molecule has 0 bridgehead atoms. The number of carbonyl (C=O) groups excluding carboxylic acids is 1. The van der Waals surface area contributed by atoms with Gasteiger partial charge in [-0.05, 0) is 58.7 Å². The summed E-state index contributed by atoms with van der Waals surface area (Å²) in [5, 5.41) is 6.99. The van der Waals surface area contributed by atoms with E-state index in [0.717, 1.165) is 25.9 Å². The molecule has 0 radical (unpaired) electrons. The molecule has 0 aliphatic carbocycles. The summed E-state index contributed by atoms with van der Waals surface area (Å²) in [5.74, 6) is -0.0405. The lowest BCUT2D eigenvalue weighted by Gasteiger charge is -2.35. The molecule has 1 aromatic rings. The lowest BCUT2D eigenvalue weighted by molar-refractivity contribution is -0.142. The lowest BCUT2D eigenvalue weighted by atomic mass is 9.93. The first-order valence-electron chi connectivity index (χ1n) is 9.41. The summed E-state index contributed by atoms with van der Waals surface area (Å²) in [6, 6.07) is 7.00. The summed E-state index contributed by atoms with van der Waals surface area (Å²) < 4.78 is 13.9. The number of benzene rings is 1. The smallest absolute Gasteiger partial charge is 0.267 e. The summed E-state index contributed by atoms with van der Waals surface area (Å²) in [6.45, 7) is 8.94. The van der Waals surface area contributed by atoms with E-state index in [9.17, 15) is 9.18 Å². The maximum atomic E-state index is 13.9. The zero-order chi connectivity index (χ0) is 18.7. The minimum atomic E-state index is -1.07. The number of rotatable bonds is 5. The van der Waals surface area contributed by atoms with Crippen LogP contribution in [-0.4, -0.2) is 47.8 Å². The minimum Gasteiger partial charge on any atom is -0.379 e. The van der Waals surface area contributed by atoms with Crippen molar-refractivity contribution in [2.45, 2.75) is 51.7 Å². The Balaban J connectivity index is 1.51. The number of likely N-dealkylation sites (tertiary alicyclic amines) is 1. The summed E-state index contributed by atoms with van der Waals surface area (Å²) in [6.07, 6.45) is 2.45. The van der Waals surface area contributed by atoms with E-state index in [0.29, 0.717) is 29.8 Å². The van der Waals surface area contributed by atoms with Crippen LogP contribution in [0.4, 0.5) is 4.39 Å². The van der Waals surface area contributed by atoms with Crippen molar-refractivity contribution in [1.82, 2.24) is 10.2 Å². The van der Waals surface area contributed by atoms with Crippen LogP contribution in [0.3, 0.4) is 0 Å². The molecule has 0 aromatic heterocycles. The van der Waals surface area contributed by atoms with Crippen molar-refractivity contribution in [3.8, 4) is 0 Å². The highest BCUT2D eigenvalue weighted by Crippen LogP contribution is 2.28. The van der Waals surface area contributed by atoms with E-state index in [-0.39, 0.29) is 18.1 Å². The molecule has 0 spiro atoms. The molecule has 1 atom stereocenters. The number of hydrogen-bond donors (Lipinski definition) is 1. The molecule has 26 heavy (non-hydrogen) atoms. The zero-order valence-electron chi connectivity index (χ0n) is 15.8. The van der Waals surface area contributed by atoms with E-state index in [1.165, 1.54) is 6.07 Å². The molecule has 0 saturated carbocycles. The maximum absolute atomic E-state index is 13.9. The Morgan fingerprint density at radius 3 is 2.73 bits per heavy atom. The molecule has 5 nitrogen and oxygen atoms in total. The van der Waals surface area contributed by atoms with Crippen LogP contribution in [0.15, 0.2) is 29.4 Å². The third-order valence-corrected chi connectivity index (χ3v) is 5.46. The average molecular weight is 361 g/mol. The normalized spacial score (nSPS) is 24.4. The van der Waals surface area contributed by atoms with Gasteiger partial charge in [-0.3, -0.25) is 4.79 Å². The van der Waals surface area contributed by atoms with Gasteiger partial charge in [0.05, 0.1) is 5.71 Å². The standard InChI is InChI=1S/C20H28FN3O2/c1-14(2)24-10-8-15(9-11-24)13-22-19(25)20(3)12-18(23-26-20)16-6-4-5-7-17(16)21/h4-7,14-15H,8-13H2,1-3H3,(H,22,25). The Bertz CT molecular complexity index is 683. The third-order valence-electron chi connectivity index (χ3n) is 5.46. The third kappa shape index (κ3) is 4.06. The molecule has 6 heteroatoms. The highest BCUT2D eigenvalue weighted by atomic mass is 19.1. The summed E-state index contributed by atoms with van der Waals surface area (Å²) in [5.41, 5.74) is -0.202. The fourth-order valence-electron chi connectivity index (χ4n) is 3.60. The highest BCUT2D eigenvalue weighted by molar-refractivity contribution is 6.05. The molecular weight excluding hydrogens is 333 g/mol. The van der Waals surface area contributed by atoms with Crippen molar-refractivity contribution in [2.75, 3.05) is 19.6 Å². The number of hydrogen-bond acceptors (Lipinski definition) is 4. The lowest BCUT2D eigenvalue weighted by Crippen LogP contribution is -2.47. The van der Waals surface area contributed by atoms with E-state index < -0.39 is 5.60 Å². The molecule has 142 valence electrons. The fourth-order valence-corrected chi connectivity index (χ4v) is 3.60. The second-order valence-corrected chi connectivity index (χ2v) is 7.80. The number of nitrogens with zero attached hydrogens (tertiary/aromatic N) is 2. The van der Waals surface area contributed by atoms with Crippen LogP contribution >= 0.6 is 0 Å². The first-order chi connectivity index (χ1) is 12.4. The number of nitrogens with one attached hydrogen (secondary N) is 1. The van der Waals surface area contributed by atoms with Gasteiger partial charge in [0, 0.05) is 24.6 Å². The first-order valence-corrected chi connectivity index (χ1v) is 9.41. The number of amides is 1. The highest BCUT2D eigenvalue weighted by Gasteiger charge is 2.42. The van der Waals surface area contributed by atoms with Crippen molar-refractivity contribution in [2.24, 2.45) is 11.1 Å². The summed E-state index contributed by atoms with van der Waals surface area (Å²) in [7, 11) is 0. The van der Waals surface area contributed by atoms with Crippen LogP contribution < -0.4 is 5.32 Å². The average Bonchev–Trinajstić information content (AvgIpc) is 3.03. The van der Waals surface area contributed by atoms with Gasteiger partial charge in [0.25, 0.3) is 5.91 Å². The maximum Gasteiger partial charge on any atom is 0.267 e. The SMILES string of the molecule is CC(C)N1CCC(CNC(=O)C2(C)CC(c3ccccc3F)=NO2)CC1. The molecule has 2 aliphatic rings. The molecular formula is C20H28FN3O2. The van der Waals surface area contributed by atoms with Gasteiger partial charge in [-0.15, -0.1) is 0 Å². The Kier molecular flexibility index (Phi) is 5.61. The van der Waals surface area contributed by atoms with E-state index in [1.807, 2.05) is 0 Å². The minimum absolute atomic E-state index is 0.182. The topological polar surface area (TPSA) is 53.9 Å². The van der Waals surface area contributed by atoms with Gasteiger partial charge in [0.1, 0.15) is 5.82 Å². The largest absolute Gasteiger partial charge is 0.379 e. The predicted octanol–water partition coefficient (Wildman–Crippen LogP) is 2.95. The van der Waals surface area contributed by atoms with E-state index in [1.54, 1.807) is 25.1 Å². The van der Waals surface area contributed by atoms with Gasteiger partial charge in [-0.1, -0.05) is 23.4 Å². The van der Waals surface area contributed by atoms with Crippen LogP contribution in [-0.2, 0) is 9.63 Å². The number of halogens is 1. The van der Waals surface area contributed by atoms with Crippen LogP contribution in [0.1, 0.15) is 45.6 Å². The number of carbonyl (C=O) groups is 1. The molecule has 1 N–H and O–H groups in total. The number of oxime groups is 1. The number of piperidine rings is 1. The Morgan fingerprint density at radius 2 is 2.08 bits per heavy atom. The van der Waals surface area contributed by atoms with E-state index in [2.05, 4.69) is 29.2 Å². The van der Waals surface area contributed by atoms with Crippen molar-refractivity contribution < 1.29 is 14.0 Å². The second kappa shape index (κ2) is 7.74.